The number of hydrogen-bond acceptors (Lipinski definition) is 4. The van der Waals surface area contributed by atoms with E-state index in [9.17, 15) is 4.79 Å². The minimum absolute atomic E-state index is 0.281. The Hall–Kier alpha value is -2.89. The van der Waals surface area contributed by atoms with E-state index in [1.807, 2.05) is 31.3 Å². The average molecular weight is 310 g/mol. The Balaban J connectivity index is 1.67. The maximum absolute atomic E-state index is 11.1. The molecule has 0 atom stereocenters. The molecule has 2 aromatic heterocycles. The molecule has 118 valence electrons. The zero-order chi connectivity index (χ0) is 16.2. The van der Waals surface area contributed by atoms with Gasteiger partial charge in [0.2, 0.25) is 0 Å². The van der Waals surface area contributed by atoms with E-state index in [4.69, 9.17) is 5.11 Å². The van der Waals surface area contributed by atoms with Crippen LogP contribution in [0.3, 0.4) is 0 Å². The number of benzene rings is 1. The molecule has 0 saturated heterocycles. The van der Waals surface area contributed by atoms with E-state index in [-0.39, 0.29) is 5.56 Å². The highest BCUT2D eigenvalue weighted by molar-refractivity contribution is 5.94. The lowest BCUT2D eigenvalue weighted by atomic mass is 10.1. The summed E-state index contributed by atoms with van der Waals surface area (Å²) in [5, 5.41) is 17.9. The number of hydrogen-bond donors (Lipinski definition) is 2. The van der Waals surface area contributed by atoms with Gasteiger partial charge in [-0.2, -0.15) is 5.10 Å². The minimum atomic E-state index is -0.922. The number of aryl methyl sites for hydroxylation is 2. The van der Waals surface area contributed by atoms with Crippen LogP contribution in [0.1, 0.15) is 22.5 Å². The predicted octanol–water partition coefficient (Wildman–Crippen LogP) is 2.71. The van der Waals surface area contributed by atoms with E-state index in [2.05, 4.69) is 15.4 Å². The van der Waals surface area contributed by atoms with Gasteiger partial charge in [-0.15, -0.1) is 0 Å². The average Bonchev–Trinajstić information content (AvgIpc) is 2.88. The van der Waals surface area contributed by atoms with Crippen LogP contribution >= 0.6 is 0 Å². The molecule has 6 nitrogen and oxygen atoms in total. The lowest BCUT2D eigenvalue weighted by Crippen LogP contribution is -2.04. The van der Waals surface area contributed by atoms with Crippen LogP contribution in [0.5, 0.6) is 0 Å². The van der Waals surface area contributed by atoms with Crippen molar-refractivity contribution in [1.29, 1.82) is 0 Å². The van der Waals surface area contributed by atoms with Crippen LogP contribution in [0.15, 0.2) is 42.6 Å². The number of aromatic nitrogens is 3. The van der Waals surface area contributed by atoms with Crippen molar-refractivity contribution in [3.8, 4) is 0 Å². The maximum Gasteiger partial charge on any atom is 0.335 e. The Kier molecular flexibility index (Phi) is 4.23. The normalized spacial score (nSPS) is 10.8. The number of rotatable bonds is 6. The Morgan fingerprint density at radius 1 is 1.30 bits per heavy atom. The lowest BCUT2D eigenvalue weighted by Gasteiger charge is -2.04. The van der Waals surface area contributed by atoms with Crippen molar-refractivity contribution in [1.82, 2.24) is 14.8 Å². The van der Waals surface area contributed by atoms with E-state index in [1.165, 1.54) is 0 Å². The summed E-state index contributed by atoms with van der Waals surface area (Å²) in [5.41, 5.74) is 2.11. The summed E-state index contributed by atoms with van der Waals surface area (Å²) in [7, 11) is 1.84. The molecule has 3 aromatic rings. The SMILES string of the molecule is Cn1nc(CCCNc2ccccn2)c2ccc(C(=O)O)cc21. The molecule has 1 aromatic carbocycles. The fraction of sp³-hybridized carbons (Fsp3) is 0.235. The van der Waals surface area contributed by atoms with Crippen molar-refractivity contribution < 1.29 is 9.90 Å². The molecule has 0 spiro atoms. The van der Waals surface area contributed by atoms with Crippen molar-refractivity contribution >= 4 is 22.7 Å². The molecule has 2 heterocycles. The number of pyridine rings is 1. The third-order valence-corrected chi connectivity index (χ3v) is 3.74. The lowest BCUT2D eigenvalue weighted by molar-refractivity contribution is 0.0697. The van der Waals surface area contributed by atoms with Crippen LogP contribution in [0.25, 0.3) is 10.9 Å². The number of carboxylic acids is 1. The van der Waals surface area contributed by atoms with Crippen LogP contribution in [0.4, 0.5) is 5.82 Å². The van der Waals surface area contributed by atoms with Crippen molar-refractivity contribution in [2.45, 2.75) is 12.8 Å². The first kappa shape index (κ1) is 15.0. The summed E-state index contributed by atoms with van der Waals surface area (Å²) in [6, 6.07) is 10.9. The Bertz CT molecular complexity index is 827. The molecule has 0 amide bonds. The Morgan fingerprint density at radius 2 is 2.17 bits per heavy atom. The number of fused-ring (bicyclic) bond motifs is 1. The fourth-order valence-corrected chi connectivity index (χ4v) is 2.59. The van der Waals surface area contributed by atoms with E-state index >= 15 is 0 Å². The number of carboxylic acid groups (broad SMARTS) is 1. The van der Waals surface area contributed by atoms with Crippen LogP contribution < -0.4 is 5.32 Å². The van der Waals surface area contributed by atoms with Crippen LogP contribution in [0, 0.1) is 0 Å². The van der Waals surface area contributed by atoms with Gasteiger partial charge in [0, 0.05) is 25.2 Å². The summed E-state index contributed by atoms with van der Waals surface area (Å²) in [5.74, 6) is -0.0568. The second-order valence-corrected chi connectivity index (χ2v) is 5.35. The van der Waals surface area contributed by atoms with Gasteiger partial charge >= 0.3 is 5.97 Å². The highest BCUT2D eigenvalue weighted by atomic mass is 16.4. The van der Waals surface area contributed by atoms with E-state index in [0.29, 0.717) is 0 Å². The molecule has 0 bridgehead atoms. The number of nitrogens with one attached hydrogen (secondary N) is 1. The molecule has 0 aliphatic heterocycles. The van der Waals surface area contributed by atoms with Gasteiger partial charge in [0.15, 0.2) is 0 Å². The van der Waals surface area contributed by atoms with Gasteiger partial charge in [0.05, 0.1) is 16.8 Å². The van der Waals surface area contributed by atoms with Crippen LogP contribution in [-0.2, 0) is 13.5 Å². The third kappa shape index (κ3) is 3.31. The van der Waals surface area contributed by atoms with Crippen LogP contribution in [-0.4, -0.2) is 32.4 Å². The molecule has 23 heavy (non-hydrogen) atoms. The molecular formula is C17H18N4O2. The van der Waals surface area contributed by atoms with E-state index in [1.54, 1.807) is 23.0 Å². The van der Waals surface area contributed by atoms with Crippen LogP contribution in [0.2, 0.25) is 0 Å². The second kappa shape index (κ2) is 6.48. The van der Waals surface area contributed by atoms with Crippen molar-refractivity contribution in [3.05, 3.63) is 53.9 Å². The molecule has 2 N–H and O–H groups in total. The molecule has 0 aliphatic carbocycles. The second-order valence-electron chi connectivity index (χ2n) is 5.35. The van der Waals surface area contributed by atoms with Gasteiger partial charge < -0.3 is 10.4 Å². The zero-order valence-electron chi connectivity index (χ0n) is 12.9. The monoisotopic (exact) mass is 310 g/mol. The molecule has 3 rings (SSSR count). The van der Waals surface area contributed by atoms with Gasteiger partial charge in [-0.1, -0.05) is 12.1 Å². The molecule has 6 heteroatoms. The summed E-state index contributed by atoms with van der Waals surface area (Å²) >= 11 is 0. The molecule has 0 radical (unpaired) electrons. The standard InChI is InChI=1S/C17H18N4O2/c1-21-15-11-12(17(22)23)7-8-13(15)14(20-21)5-4-10-19-16-6-2-3-9-18-16/h2-3,6-9,11H,4-5,10H2,1H3,(H,18,19)(H,22,23). The van der Waals surface area contributed by atoms with E-state index < -0.39 is 5.97 Å². The number of carbonyl (C=O) groups is 1. The van der Waals surface area contributed by atoms with Gasteiger partial charge in [-0.25, -0.2) is 9.78 Å². The first-order valence-electron chi connectivity index (χ1n) is 7.49. The third-order valence-electron chi connectivity index (χ3n) is 3.74. The molecule has 0 saturated carbocycles. The number of anilines is 1. The van der Waals surface area contributed by atoms with Crippen molar-refractivity contribution in [3.63, 3.8) is 0 Å². The summed E-state index contributed by atoms with van der Waals surface area (Å²) in [6.45, 7) is 0.808. The first-order chi connectivity index (χ1) is 11.1. The predicted molar refractivity (Wildman–Crippen MR) is 88.7 cm³/mol. The zero-order valence-corrected chi connectivity index (χ0v) is 12.9. The van der Waals surface area contributed by atoms with Gasteiger partial charge in [-0.3, -0.25) is 4.68 Å². The van der Waals surface area contributed by atoms with E-state index in [0.717, 1.165) is 41.8 Å². The molecular weight excluding hydrogens is 292 g/mol. The maximum atomic E-state index is 11.1. The summed E-state index contributed by atoms with van der Waals surface area (Å²) < 4.78 is 1.74. The summed E-state index contributed by atoms with van der Waals surface area (Å²) in [6.07, 6.45) is 3.50. The first-order valence-corrected chi connectivity index (χ1v) is 7.49. The number of aromatic carboxylic acids is 1. The topological polar surface area (TPSA) is 80.0 Å². The Morgan fingerprint density at radius 3 is 2.91 bits per heavy atom. The largest absolute Gasteiger partial charge is 0.478 e. The van der Waals surface area contributed by atoms with Gasteiger partial charge in [0.25, 0.3) is 0 Å². The smallest absolute Gasteiger partial charge is 0.335 e. The van der Waals surface area contributed by atoms with Gasteiger partial charge in [-0.05, 0) is 37.1 Å². The molecule has 0 unspecified atom stereocenters. The highest BCUT2D eigenvalue weighted by Crippen LogP contribution is 2.21. The highest BCUT2D eigenvalue weighted by Gasteiger charge is 2.11. The summed E-state index contributed by atoms with van der Waals surface area (Å²) in [4.78, 5) is 15.3. The minimum Gasteiger partial charge on any atom is -0.478 e. The quantitative estimate of drug-likeness (QED) is 0.684. The molecule has 0 aliphatic rings. The molecule has 0 fully saturated rings. The van der Waals surface area contributed by atoms with Crippen molar-refractivity contribution in [2.75, 3.05) is 11.9 Å². The van der Waals surface area contributed by atoms with Gasteiger partial charge in [0.1, 0.15) is 5.82 Å². The fourth-order valence-electron chi connectivity index (χ4n) is 2.59. The number of nitrogens with zero attached hydrogens (tertiary/aromatic N) is 3. The van der Waals surface area contributed by atoms with Crippen molar-refractivity contribution in [2.24, 2.45) is 7.05 Å². The Labute approximate surface area is 133 Å².